The Labute approximate surface area is 83.2 Å². The van der Waals surface area contributed by atoms with E-state index in [2.05, 4.69) is 0 Å². The first-order valence-corrected chi connectivity index (χ1v) is 4.52. The summed E-state index contributed by atoms with van der Waals surface area (Å²) in [5.41, 5.74) is 6.51. The zero-order chi connectivity index (χ0) is 10.7. The molecule has 0 aliphatic carbocycles. The van der Waals surface area contributed by atoms with Gasteiger partial charge in [-0.25, -0.2) is 4.39 Å². The molecule has 0 aromatic heterocycles. The predicted molar refractivity (Wildman–Crippen MR) is 52.9 cm³/mol. The van der Waals surface area contributed by atoms with Crippen LogP contribution in [-0.2, 0) is 0 Å². The van der Waals surface area contributed by atoms with Crippen LogP contribution >= 0.6 is 0 Å². The summed E-state index contributed by atoms with van der Waals surface area (Å²) >= 11 is 0. The van der Waals surface area contributed by atoms with Crippen molar-refractivity contribution in [1.29, 1.82) is 5.26 Å². The molecule has 0 saturated heterocycles. The van der Waals surface area contributed by atoms with Crippen LogP contribution in [0.4, 0.5) is 4.39 Å². The van der Waals surface area contributed by atoms with Crippen LogP contribution in [0, 0.1) is 23.1 Å². The molecule has 0 saturated carbocycles. The molecule has 0 amide bonds. The van der Waals surface area contributed by atoms with Crippen molar-refractivity contribution in [2.24, 2.45) is 11.7 Å². The van der Waals surface area contributed by atoms with Crippen molar-refractivity contribution in [3.05, 3.63) is 35.1 Å². The molecule has 14 heavy (non-hydrogen) atoms. The van der Waals surface area contributed by atoms with Gasteiger partial charge in [0.15, 0.2) is 0 Å². The van der Waals surface area contributed by atoms with Crippen molar-refractivity contribution in [2.75, 3.05) is 0 Å². The largest absolute Gasteiger partial charge is 0.324 e. The van der Waals surface area contributed by atoms with Crippen LogP contribution in [0.1, 0.15) is 31.0 Å². The first-order valence-electron chi connectivity index (χ1n) is 4.52. The summed E-state index contributed by atoms with van der Waals surface area (Å²) in [7, 11) is 0. The van der Waals surface area contributed by atoms with E-state index < -0.39 is 5.82 Å². The molecule has 0 heterocycles. The van der Waals surface area contributed by atoms with Gasteiger partial charge in [0.1, 0.15) is 11.9 Å². The number of nitrogens with two attached hydrogens (primary N) is 1. The lowest BCUT2D eigenvalue weighted by atomic mass is 9.93. The molecule has 1 aromatic rings. The second-order valence-electron chi connectivity index (χ2n) is 3.59. The van der Waals surface area contributed by atoms with Crippen LogP contribution in [-0.4, -0.2) is 0 Å². The van der Waals surface area contributed by atoms with Crippen molar-refractivity contribution in [3.63, 3.8) is 0 Å². The second kappa shape index (κ2) is 4.21. The molecule has 0 aliphatic heterocycles. The van der Waals surface area contributed by atoms with Gasteiger partial charge in [-0.1, -0.05) is 26.0 Å². The van der Waals surface area contributed by atoms with Crippen LogP contribution in [0.2, 0.25) is 0 Å². The quantitative estimate of drug-likeness (QED) is 0.781. The second-order valence-corrected chi connectivity index (χ2v) is 3.59. The number of hydrogen-bond acceptors (Lipinski definition) is 2. The van der Waals surface area contributed by atoms with E-state index in [1.807, 2.05) is 19.9 Å². The van der Waals surface area contributed by atoms with Gasteiger partial charge < -0.3 is 5.73 Å². The normalized spacial score (nSPS) is 12.6. The van der Waals surface area contributed by atoms with Gasteiger partial charge in [0, 0.05) is 6.04 Å². The third-order valence-electron chi connectivity index (χ3n) is 2.23. The first kappa shape index (κ1) is 10.7. The molecule has 0 unspecified atom stereocenters. The zero-order valence-corrected chi connectivity index (χ0v) is 8.29. The molecule has 1 atom stereocenters. The van der Waals surface area contributed by atoms with E-state index in [1.165, 1.54) is 6.07 Å². The standard InChI is InChI=1S/C11H13FN2/c1-7(2)11(14)8-4-3-5-10(12)9(8)6-13/h3-5,7,11H,14H2,1-2H3/t11-/m1/s1. The number of nitriles is 1. The molecule has 2 nitrogen and oxygen atoms in total. The molecule has 2 N–H and O–H groups in total. The highest BCUT2D eigenvalue weighted by Crippen LogP contribution is 2.23. The Morgan fingerprint density at radius 1 is 1.43 bits per heavy atom. The molecular formula is C11H13FN2. The number of benzene rings is 1. The van der Waals surface area contributed by atoms with E-state index in [9.17, 15) is 4.39 Å². The summed E-state index contributed by atoms with van der Waals surface area (Å²) in [6, 6.07) is 6.10. The third-order valence-corrected chi connectivity index (χ3v) is 2.23. The Kier molecular flexibility index (Phi) is 3.21. The van der Waals surface area contributed by atoms with Gasteiger partial charge in [-0.05, 0) is 17.5 Å². The minimum atomic E-state index is -0.499. The van der Waals surface area contributed by atoms with Crippen LogP contribution in [0.3, 0.4) is 0 Å². The Balaban J connectivity index is 3.22. The van der Waals surface area contributed by atoms with Gasteiger partial charge in [-0.2, -0.15) is 5.26 Å². The molecule has 1 aromatic carbocycles. The van der Waals surface area contributed by atoms with Crippen LogP contribution in [0.25, 0.3) is 0 Å². The van der Waals surface area contributed by atoms with Crippen molar-refractivity contribution in [1.82, 2.24) is 0 Å². The minimum absolute atomic E-state index is 0.0636. The van der Waals surface area contributed by atoms with E-state index in [-0.39, 0.29) is 17.5 Å². The van der Waals surface area contributed by atoms with E-state index in [1.54, 1.807) is 12.1 Å². The molecule has 0 fully saturated rings. The fourth-order valence-electron chi connectivity index (χ4n) is 1.30. The van der Waals surface area contributed by atoms with Crippen molar-refractivity contribution >= 4 is 0 Å². The SMILES string of the molecule is CC(C)[C@@H](N)c1cccc(F)c1C#N. The third kappa shape index (κ3) is 1.91. The van der Waals surface area contributed by atoms with Gasteiger partial charge in [-0.3, -0.25) is 0 Å². The highest BCUT2D eigenvalue weighted by atomic mass is 19.1. The van der Waals surface area contributed by atoms with Crippen molar-refractivity contribution in [3.8, 4) is 6.07 Å². The smallest absolute Gasteiger partial charge is 0.141 e. The van der Waals surface area contributed by atoms with Gasteiger partial charge in [-0.15, -0.1) is 0 Å². The fourth-order valence-corrected chi connectivity index (χ4v) is 1.30. The highest BCUT2D eigenvalue weighted by Gasteiger charge is 2.16. The summed E-state index contributed by atoms with van der Waals surface area (Å²) < 4.78 is 13.2. The van der Waals surface area contributed by atoms with E-state index in [4.69, 9.17) is 11.0 Å². The lowest BCUT2D eigenvalue weighted by Crippen LogP contribution is -2.18. The average Bonchev–Trinajstić information content (AvgIpc) is 2.16. The van der Waals surface area contributed by atoms with Crippen LogP contribution < -0.4 is 5.73 Å². The molecule has 0 aliphatic rings. The lowest BCUT2D eigenvalue weighted by Gasteiger charge is -2.17. The molecule has 3 heteroatoms. The summed E-state index contributed by atoms with van der Waals surface area (Å²) in [6.45, 7) is 3.88. The first-order chi connectivity index (χ1) is 6.57. The van der Waals surface area contributed by atoms with E-state index in [0.29, 0.717) is 5.56 Å². The van der Waals surface area contributed by atoms with Gasteiger partial charge in [0.05, 0.1) is 5.56 Å². The number of halogens is 1. The number of nitrogens with zero attached hydrogens (tertiary/aromatic N) is 1. The Bertz CT molecular complexity index is 366. The highest BCUT2D eigenvalue weighted by molar-refractivity contribution is 5.40. The minimum Gasteiger partial charge on any atom is -0.324 e. The average molecular weight is 192 g/mol. The topological polar surface area (TPSA) is 49.8 Å². The molecule has 0 spiro atoms. The summed E-state index contributed by atoms with van der Waals surface area (Å²) in [6.07, 6.45) is 0. The molecular weight excluding hydrogens is 179 g/mol. The van der Waals surface area contributed by atoms with Crippen molar-refractivity contribution in [2.45, 2.75) is 19.9 Å². The summed E-state index contributed by atoms with van der Waals surface area (Å²) in [5, 5.41) is 8.78. The molecule has 1 rings (SSSR count). The molecule has 0 bridgehead atoms. The maximum Gasteiger partial charge on any atom is 0.141 e. The van der Waals surface area contributed by atoms with Gasteiger partial charge >= 0.3 is 0 Å². The maximum atomic E-state index is 13.2. The Morgan fingerprint density at radius 3 is 2.57 bits per heavy atom. The van der Waals surface area contributed by atoms with Gasteiger partial charge in [0.2, 0.25) is 0 Å². The zero-order valence-electron chi connectivity index (χ0n) is 8.29. The maximum absolute atomic E-state index is 13.2. The van der Waals surface area contributed by atoms with E-state index in [0.717, 1.165) is 0 Å². The fraction of sp³-hybridized carbons (Fsp3) is 0.364. The Hall–Kier alpha value is -1.40. The number of rotatable bonds is 2. The monoisotopic (exact) mass is 192 g/mol. The predicted octanol–water partition coefficient (Wildman–Crippen LogP) is 2.35. The summed E-state index contributed by atoms with van der Waals surface area (Å²) in [4.78, 5) is 0. The lowest BCUT2D eigenvalue weighted by molar-refractivity contribution is 0.508. The number of hydrogen-bond donors (Lipinski definition) is 1. The van der Waals surface area contributed by atoms with Gasteiger partial charge in [0.25, 0.3) is 0 Å². The van der Waals surface area contributed by atoms with Crippen molar-refractivity contribution < 1.29 is 4.39 Å². The molecule has 74 valence electrons. The van der Waals surface area contributed by atoms with E-state index >= 15 is 0 Å². The van der Waals surface area contributed by atoms with Crippen LogP contribution in [0.5, 0.6) is 0 Å². The molecule has 0 radical (unpaired) electrons. The Morgan fingerprint density at radius 2 is 2.07 bits per heavy atom. The summed E-state index contributed by atoms with van der Waals surface area (Å²) in [5.74, 6) is -0.315. The van der Waals surface area contributed by atoms with Crippen LogP contribution in [0.15, 0.2) is 18.2 Å².